The van der Waals surface area contributed by atoms with Gasteiger partial charge in [0, 0.05) is 5.92 Å². The first-order valence-electron chi connectivity index (χ1n) is 5.42. The van der Waals surface area contributed by atoms with Gasteiger partial charge in [-0.25, -0.2) is 0 Å². The molecule has 7 nitrogen and oxygen atoms in total. The minimum Gasteiger partial charge on any atom is -0.394 e. The van der Waals surface area contributed by atoms with Gasteiger partial charge < -0.3 is 30.9 Å². The smallest absolute Gasteiger partial charge is 0.245 e. The highest BCUT2D eigenvalue weighted by atomic mass is 16.7. The van der Waals surface area contributed by atoms with Gasteiger partial charge in [0.15, 0.2) is 5.78 Å². The van der Waals surface area contributed by atoms with Gasteiger partial charge in [-0.1, -0.05) is 13.8 Å². The Morgan fingerprint density at radius 3 is 2.35 bits per heavy atom. The van der Waals surface area contributed by atoms with Gasteiger partial charge in [-0.3, -0.25) is 4.79 Å². The number of nitrogens with two attached hydrogens (primary N) is 1. The monoisotopic (exact) mass is 249 g/mol. The van der Waals surface area contributed by atoms with Crippen LogP contribution in [0.15, 0.2) is 0 Å². The minimum absolute atomic E-state index is 0.562. The molecule has 0 amide bonds. The van der Waals surface area contributed by atoms with Gasteiger partial charge in [-0.15, -0.1) is 0 Å². The summed E-state index contributed by atoms with van der Waals surface area (Å²) in [5.74, 6) is -3.65. The van der Waals surface area contributed by atoms with Crippen LogP contribution >= 0.6 is 0 Å². The Kier molecular flexibility index (Phi) is 4.23. The second kappa shape index (κ2) is 4.97. The molecule has 1 unspecified atom stereocenters. The molecule has 7 heteroatoms. The van der Waals surface area contributed by atoms with E-state index in [4.69, 9.17) is 15.6 Å². The molecule has 17 heavy (non-hydrogen) atoms. The maximum atomic E-state index is 11.8. The number of rotatable bonds is 3. The van der Waals surface area contributed by atoms with Crippen LogP contribution in [0.3, 0.4) is 0 Å². The van der Waals surface area contributed by atoms with Crippen LogP contribution in [0.5, 0.6) is 0 Å². The SMILES string of the molecule is CC(C)C(=O)C1(O)O[C@H](CO)[C@H](O)[C@H](O)[C@H]1N. The highest BCUT2D eigenvalue weighted by Gasteiger charge is 2.56. The largest absolute Gasteiger partial charge is 0.394 e. The van der Waals surface area contributed by atoms with Gasteiger partial charge in [0.25, 0.3) is 0 Å². The van der Waals surface area contributed by atoms with Gasteiger partial charge in [-0.05, 0) is 0 Å². The Morgan fingerprint density at radius 1 is 1.41 bits per heavy atom. The molecular formula is C10H19NO6. The van der Waals surface area contributed by atoms with Gasteiger partial charge in [-0.2, -0.15) is 0 Å². The van der Waals surface area contributed by atoms with Gasteiger partial charge in [0.05, 0.1) is 12.6 Å². The highest BCUT2D eigenvalue weighted by Crippen LogP contribution is 2.29. The van der Waals surface area contributed by atoms with Crippen molar-refractivity contribution in [3.05, 3.63) is 0 Å². The summed E-state index contributed by atoms with van der Waals surface area (Å²) in [6.45, 7) is 2.45. The van der Waals surface area contributed by atoms with E-state index in [-0.39, 0.29) is 0 Å². The predicted molar refractivity (Wildman–Crippen MR) is 56.7 cm³/mol. The van der Waals surface area contributed by atoms with Crippen molar-refractivity contribution in [1.29, 1.82) is 0 Å². The Labute approximate surface area is 98.8 Å². The first kappa shape index (κ1) is 14.5. The zero-order valence-corrected chi connectivity index (χ0v) is 9.78. The number of hydrogen-bond donors (Lipinski definition) is 5. The average molecular weight is 249 g/mol. The van der Waals surface area contributed by atoms with Crippen LogP contribution in [0.1, 0.15) is 13.8 Å². The van der Waals surface area contributed by atoms with Crippen LogP contribution in [-0.2, 0) is 9.53 Å². The van der Waals surface area contributed by atoms with Crippen molar-refractivity contribution in [3.63, 3.8) is 0 Å². The number of ether oxygens (including phenoxy) is 1. The third-order valence-electron chi connectivity index (χ3n) is 2.94. The summed E-state index contributed by atoms with van der Waals surface area (Å²) >= 11 is 0. The summed E-state index contributed by atoms with van der Waals surface area (Å²) < 4.78 is 4.96. The lowest BCUT2D eigenvalue weighted by Gasteiger charge is -2.45. The fraction of sp³-hybridized carbons (Fsp3) is 0.900. The quantitative estimate of drug-likeness (QED) is 0.368. The third-order valence-corrected chi connectivity index (χ3v) is 2.94. The van der Waals surface area contributed by atoms with Crippen molar-refractivity contribution in [2.75, 3.05) is 6.61 Å². The molecular weight excluding hydrogens is 230 g/mol. The molecule has 100 valence electrons. The summed E-state index contributed by atoms with van der Waals surface area (Å²) in [5.41, 5.74) is 5.52. The molecule has 0 bridgehead atoms. The Hall–Kier alpha value is -0.570. The molecule has 0 aliphatic carbocycles. The van der Waals surface area contributed by atoms with Crippen molar-refractivity contribution in [2.24, 2.45) is 11.7 Å². The first-order chi connectivity index (χ1) is 7.75. The second-order valence-corrected chi connectivity index (χ2v) is 4.56. The van der Waals surface area contributed by atoms with Crippen molar-refractivity contribution in [2.45, 2.75) is 44.0 Å². The summed E-state index contributed by atoms with van der Waals surface area (Å²) in [6, 6.07) is -1.46. The number of carbonyl (C=O) groups excluding carboxylic acids is 1. The molecule has 1 fully saturated rings. The Balaban J connectivity index is 3.03. The van der Waals surface area contributed by atoms with Crippen molar-refractivity contribution < 1.29 is 30.0 Å². The van der Waals surface area contributed by atoms with E-state index >= 15 is 0 Å². The normalized spacial score (nSPS) is 42.8. The van der Waals surface area contributed by atoms with E-state index in [9.17, 15) is 20.1 Å². The molecule has 1 aliphatic rings. The van der Waals surface area contributed by atoms with Crippen LogP contribution in [0.2, 0.25) is 0 Å². The molecule has 5 atom stereocenters. The van der Waals surface area contributed by atoms with Gasteiger partial charge in [0.2, 0.25) is 5.79 Å². The lowest BCUT2D eigenvalue weighted by atomic mass is 9.85. The molecule has 1 heterocycles. The molecule has 0 saturated carbocycles. The van der Waals surface area contributed by atoms with Gasteiger partial charge >= 0.3 is 0 Å². The van der Waals surface area contributed by atoms with Crippen molar-refractivity contribution in [1.82, 2.24) is 0 Å². The standard InChI is InChI=1S/C10H19NO6/c1-4(2)9(15)10(16)8(11)7(14)6(13)5(3-12)17-10/h4-8,12-14,16H,3,11H2,1-2H3/t5-,6+,7+,8-,10?/m1/s1. The molecule has 1 rings (SSSR count). The van der Waals surface area contributed by atoms with Crippen LogP contribution in [-0.4, -0.2) is 63.0 Å². The maximum absolute atomic E-state index is 11.8. The molecule has 6 N–H and O–H groups in total. The van der Waals surface area contributed by atoms with Crippen LogP contribution in [0.4, 0.5) is 0 Å². The van der Waals surface area contributed by atoms with E-state index < -0.39 is 48.4 Å². The number of carbonyl (C=O) groups is 1. The van der Waals surface area contributed by atoms with E-state index in [1.54, 1.807) is 13.8 Å². The van der Waals surface area contributed by atoms with Crippen LogP contribution in [0, 0.1) is 5.92 Å². The van der Waals surface area contributed by atoms with E-state index in [0.717, 1.165) is 0 Å². The lowest BCUT2D eigenvalue weighted by Crippen LogP contribution is -2.71. The molecule has 1 aliphatic heterocycles. The number of aliphatic hydroxyl groups is 4. The topological polar surface area (TPSA) is 133 Å². The molecule has 0 radical (unpaired) electrons. The zero-order chi connectivity index (χ0) is 13.4. The summed E-state index contributed by atoms with van der Waals surface area (Å²) in [4.78, 5) is 11.8. The number of Topliss-reactive ketones (excluding diaryl/α,β-unsaturated/α-hetero) is 1. The zero-order valence-electron chi connectivity index (χ0n) is 9.78. The molecule has 0 aromatic carbocycles. The summed E-state index contributed by atoms with van der Waals surface area (Å²) in [6.07, 6.45) is -4.25. The molecule has 0 spiro atoms. The van der Waals surface area contributed by atoms with E-state index in [2.05, 4.69) is 0 Å². The predicted octanol–water partition coefficient (Wildman–Crippen LogP) is -2.66. The molecule has 1 saturated heterocycles. The van der Waals surface area contributed by atoms with Crippen LogP contribution in [0.25, 0.3) is 0 Å². The fourth-order valence-electron chi connectivity index (χ4n) is 1.82. The third kappa shape index (κ3) is 2.35. The van der Waals surface area contributed by atoms with Crippen molar-refractivity contribution >= 4 is 5.78 Å². The average Bonchev–Trinajstić information content (AvgIpc) is 2.30. The highest BCUT2D eigenvalue weighted by molar-refractivity contribution is 5.88. The van der Waals surface area contributed by atoms with Gasteiger partial charge in [0.1, 0.15) is 18.3 Å². The summed E-state index contributed by atoms with van der Waals surface area (Å²) in [7, 11) is 0. The van der Waals surface area contributed by atoms with E-state index in [0.29, 0.717) is 0 Å². The van der Waals surface area contributed by atoms with Crippen molar-refractivity contribution in [3.8, 4) is 0 Å². The van der Waals surface area contributed by atoms with E-state index in [1.165, 1.54) is 0 Å². The summed E-state index contributed by atoms with van der Waals surface area (Å²) in [5, 5.41) is 38.2. The fourth-order valence-corrected chi connectivity index (χ4v) is 1.82. The second-order valence-electron chi connectivity index (χ2n) is 4.56. The lowest BCUT2D eigenvalue weighted by molar-refractivity contribution is -0.298. The van der Waals surface area contributed by atoms with E-state index in [1.807, 2.05) is 0 Å². The number of hydrogen-bond acceptors (Lipinski definition) is 7. The Bertz CT molecular complexity index is 295. The molecule has 0 aromatic heterocycles. The first-order valence-corrected chi connectivity index (χ1v) is 5.42. The van der Waals surface area contributed by atoms with Crippen LogP contribution < -0.4 is 5.73 Å². The minimum atomic E-state index is -2.39. The number of aliphatic hydroxyl groups excluding tert-OH is 3. The molecule has 0 aromatic rings. The Morgan fingerprint density at radius 2 is 1.94 bits per heavy atom. The maximum Gasteiger partial charge on any atom is 0.245 e. The number of ketones is 1.